The van der Waals surface area contributed by atoms with Crippen LogP contribution in [0.1, 0.15) is 13.8 Å². The van der Waals surface area contributed by atoms with Gasteiger partial charge in [-0.15, -0.1) is 0 Å². The minimum absolute atomic E-state index is 0.137. The number of carboxylic acid groups (broad SMARTS) is 1. The minimum Gasteiger partial charge on any atom is -0.465 e. The zero-order valence-electron chi connectivity index (χ0n) is 9.14. The molecule has 5 nitrogen and oxygen atoms in total. The number of carbonyl (C=O) groups is 1. The molecule has 0 spiro atoms. The van der Waals surface area contributed by atoms with Crippen LogP contribution in [-0.4, -0.2) is 24.0 Å². The fourth-order valence-corrected chi connectivity index (χ4v) is 1.71. The zero-order chi connectivity index (χ0) is 11.7. The van der Waals surface area contributed by atoms with Crippen LogP contribution in [0.4, 0.5) is 10.5 Å². The third-order valence-corrected chi connectivity index (χ3v) is 2.36. The predicted molar refractivity (Wildman–Crippen MR) is 58.2 cm³/mol. The fraction of sp³-hybridized carbons (Fsp3) is 0.364. The van der Waals surface area contributed by atoms with Crippen LogP contribution in [0.2, 0.25) is 0 Å². The Hall–Kier alpha value is -1.91. The molecule has 1 N–H and O–H groups in total. The summed E-state index contributed by atoms with van der Waals surface area (Å²) in [5.74, 6) is 1.09. The van der Waals surface area contributed by atoms with Crippen molar-refractivity contribution < 1.29 is 19.4 Å². The Morgan fingerprint density at radius 1 is 1.44 bits per heavy atom. The third-order valence-electron chi connectivity index (χ3n) is 2.36. The van der Waals surface area contributed by atoms with Crippen LogP contribution in [0.15, 0.2) is 18.2 Å². The molecule has 1 aromatic rings. The van der Waals surface area contributed by atoms with Gasteiger partial charge in [-0.3, -0.25) is 4.90 Å². The second-order valence-electron chi connectivity index (χ2n) is 3.76. The molecule has 2 rings (SSSR count). The normalized spacial score (nSPS) is 12.9. The van der Waals surface area contributed by atoms with Gasteiger partial charge in [-0.2, -0.15) is 0 Å². The van der Waals surface area contributed by atoms with E-state index in [4.69, 9.17) is 14.6 Å². The van der Waals surface area contributed by atoms with Crippen LogP contribution in [0, 0.1) is 0 Å². The second kappa shape index (κ2) is 3.92. The molecule has 1 heterocycles. The monoisotopic (exact) mass is 223 g/mol. The maximum absolute atomic E-state index is 11.2. The van der Waals surface area contributed by atoms with Gasteiger partial charge in [0, 0.05) is 6.04 Å². The van der Waals surface area contributed by atoms with E-state index in [2.05, 4.69) is 0 Å². The van der Waals surface area contributed by atoms with Gasteiger partial charge in [0.2, 0.25) is 6.79 Å². The molecule has 1 aromatic carbocycles. The van der Waals surface area contributed by atoms with Crippen molar-refractivity contribution in [1.82, 2.24) is 0 Å². The van der Waals surface area contributed by atoms with Crippen LogP contribution in [-0.2, 0) is 0 Å². The van der Waals surface area contributed by atoms with Crippen molar-refractivity contribution in [3.63, 3.8) is 0 Å². The topological polar surface area (TPSA) is 59.0 Å². The summed E-state index contributed by atoms with van der Waals surface area (Å²) in [7, 11) is 0. The van der Waals surface area contributed by atoms with Gasteiger partial charge in [-0.25, -0.2) is 4.79 Å². The number of fused-ring (bicyclic) bond motifs is 1. The number of rotatable bonds is 2. The molecular weight excluding hydrogens is 210 g/mol. The van der Waals surface area contributed by atoms with Crippen molar-refractivity contribution >= 4 is 11.8 Å². The Balaban J connectivity index is 2.46. The van der Waals surface area contributed by atoms with Crippen molar-refractivity contribution in [2.45, 2.75) is 19.9 Å². The molecule has 0 saturated carbocycles. The number of para-hydroxylation sites is 1. The Bertz CT molecular complexity index is 416. The molecule has 16 heavy (non-hydrogen) atoms. The van der Waals surface area contributed by atoms with Crippen LogP contribution in [0.5, 0.6) is 11.5 Å². The molecule has 0 fully saturated rings. The van der Waals surface area contributed by atoms with E-state index in [0.717, 1.165) is 0 Å². The molecular formula is C11H13NO4. The highest BCUT2D eigenvalue weighted by atomic mass is 16.7. The smallest absolute Gasteiger partial charge is 0.412 e. The van der Waals surface area contributed by atoms with E-state index in [1.807, 2.05) is 13.8 Å². The van der Waals surface area contributed by atoms with Gasteiger partial charge >= 0.3 is 6.09 Å². The standard InChI is InChI=1S/C11H13NO4/c1-7(2)12(11(13)14)8-4-3-5-9-10(8)16-6-15-9/h3-5,7H,6H2,1-2H3,(H,13,14). The summed E-state index contributed by atoms with van der Waals surface area (Å²) in [5, 5.41) is 9.16. The lowest BCUT2D eigenvalue weighted by molar-refractivity contribution is 0.173. The molecule has 0 unspecified atom stereocenters. The average Bonchev–Trinajstić information content (AvgIpc) is 2.65. The molecule has 5 heteroatoms. The molecule has 0 saturated heterocycles. The van der Waals surface area contributed by atoms with Crippen molar-refractivity contribution in [3.8, 4) is 11.5 Å². The Morgan fingerprint density at radius 2 is 2.19 bits per heavy atom. The van der Waals surface area contributed by atoms with Gasteiger partial charge in [0.05, 0.1) is 5.69 Å². The molecule has 1 aliphatic rings. The van der Waals surface area contributed by atoms with E-state index < -0.39 is 6.09 Å². The second-order valence-corrected chi connectivity index (χ2v) is 3.76. The van der Waals surface area contributed by atoms with E-state index in [1.165, 1.54) is 4.90 Å². The van der Waals surface area contributed by atoms with E-state index in [1.54, 1.807) is 18.2 Å². The van der Waals surface area contributed by atoms with E-state index in [9.17, 15) is 4.79 Å². The van der Waals surface area contributed by atoms with Crippen LogP contribution >= 0.6 is 0 Å². The zero-order valence-corrected chi connectivity index (χ0v) is 9.14. The number of amides is 1. The Kier molecular flexibility index (Phi) is 2.60. The Morgan fingerprint density at radius 3 is 2.81 bits per heavy atom. The summed E-state index contributed by atoms with van der Waals surface area (Å²) in [6.07, 6.45) is -1.00. The first kappa shape index (κ1) is 10.6. The van der Waals surface area contributed by atoms with Crippen molar-refractivity contribution in [2.75, 3.05) is 11.7 Å². The molecule has 0 atom stereocenters. The predicted octanol–water partition coefficient (Wildman–Crippen LogP) is 2.31. The van der Waals surface area contributed by atoms with Crippen molar-refractivity contribution in [1.29, 1.82) is 0 Å². The molecule has 0 aromatic heterocycles. The third kappa shape index (κ3) is 1.64. The number of hydrogen-bond acceptors (Lipinski definition) is 3. The molecule has 0 bridgehead atoms. The largest absolute Gasteiger partial charge is 0.465 e. The number of anilines is 1. The fourth-order valence-electron chi connectivity index (χ4n) is 1.71. The van der Waals surface area contributed by atoms with Crippen molar-refractivity contribution in [2.24, 2.45) is 0 Å². The number of benzene rings is 1. The SMILES string of the molecule is CC(C)N(C(=O)O)c1cccc2c1OCO2. The lowest BCUT2D eigenvalue weighted by Crippen LogP contribution is -2.35. The maximum atomic E-state index is 11.2. The van der Waals surface area contributed by atoms with Crippen LogP contribution in [0.25, 0.3) is 0 Å². The van der Waals surface area contributed by atoms with E-state index in [-0.39, 0.29) is 12.8 Å². The number of hydrogen-bond donors (Lipinski definition) is 1. The van der Waals surface area contributed by atoms with Gasteiger partial charge in [-0.1, -0.05) is 6.07 Å². The first-order valence-electron chi connectivity index (χ1n) is 5.02. The quantitative estimate of drug-likeness (QED) is 0.835. The lowest BCUT2D eigenvalue weighted by Gasteiger charge is -2.24. The lowest BCUT2D eigenvalue weighted by atomic mass is 10.2. The summed E-state index contributed by atoms with van der Waals surface area (Å²) in [4.78, 5) is 12.4. The summed E-state index contributed by atoms with van der Waals surface area (Å²) < 4.78 is 10.5. The molecule has 1 aliphatic heterocycles. The summed E-state index contributed by atoms with van der Waals surface area (Å²) in [5.41, 5.74) is 0.525. The van der Waals surface area contributed by atoms with Gasteiger partial charge in [0.25, 0.3) is 0 Å². The minimum atomic E-state index is -1.00. The van der Waals surface area contributed by atoms with E-state index in [0.29, 0.717) is 17.2 Å². The van der Waals surface area contributed by atoms with Gasteiger partial charge in [-0.05, 0) is 26.0 Å². The Labute approximate surface area is 93.2 Å². The first-order valence-corrected chi connectivity index (χ1v) is 5.02. The molecule has 1 amide bonds. The first-order chi connectivity index (χ1) is 7.61. The average molecular weight is 223 g/mol. The van der Waals surface area contributed by atoms with Crippen molar-refractivity contribution in [3.05, 3.63) is 18.2 Å². The van der Waals surface area contributed by atoms with Gasteiger partial charge < -0.3 is 14.6 Å². The molecule has 86 valence electrons. The van der Waals surface area contributed by atoms with Gasteiger partial charge in [0.15, 0.2) is 11.5 Å². The highest BCUT2D eigenvalue weighted by Gasteiger charge is 2.26. The highest BCUT2D eigenvalue weighted by molar-refractivity contribution is 5.89. The van der Waals surface area contributed by atoms with E-state index >= 15 is 0 Å². The summed E-state index contributed by atoms with van der Waals surface area (Å²) in [6, 6.07) is 5.06. The van der Waals surface area contributed by atoms with Crippen LogP contribution in [0.3, 0.4) is 0 Å². The summed E-state index contributed by atoms with van der Waals surface area (Å²) in [6.45, 7) is 3.75. The highest BCUT2D eigenvalue weighted by Crippen LogP contribution is 2.41. The van der Waals surface area contributed by atoms with Crippen LogP contribution < -0.4 is 14.4 Å². The number of ether oxygens (including phenoxy) is 2. The van der Waals surface area contributed by atoms with Gasteiger partial charge in [0.1, 0.15) is 0 Å². The number of nitrogens with zero attached hydrogens (tertiary/aromatic N) is 1. The molecule has 0 aliphatic carbocycles. The summed E-state index contributed by atoms with van der Waals surface area (Å²) >= 11 is 0. The maximum Gasteiger partial charge on any atom is 0.412 e. The molecule has 0 radical (unpaired) electrons.